The predicted molar refractivity (Wildman–Crippen MR) is 133 cm³/mol. The van der Waals surface area contributed by atoms with E-state index in [0.29, 0.717) is 28.2 Å². The van der Waals surface area contributed by atoms with Crippen molar-refractivity contribution >= 4 is 50.5 Å². The molecule has 3 heterocycles. The zero-order valence-corrected chi connectivity index (χ0v) is 19.7. The summed E-state index contributed by atoms with van der Waals surface area (Å²) in [5.74, 6) is 0.628. The van der Waals surface area contributed by atoms with Crippen molar-refractivity contribution in [2.24, 2.45) is 0 Å². The molecule has 0 bridgehead atoms. The summed E-state index contributed by atoms with van der Waals surface area (Å²) in [6.07, 6.45) is 0.935. The van der Waals surface area contributed by atoms with E-state index in [1.165, 1.54) is 44.7 Å². The highest BCUT2D eigenvalue weighted by Crippen LogP contribution is 2.28. The van der Waals surface area contributed by atoms with Crippen molar-refractivity contribution < 1.29 is 4.39 Å². The molecule has 0 aliphatic rings. The molecule has 0 radical (unpaired) electrons. The molecule has 0 aliphatic heterocycles. The number of hydrogen-bond acceptors (Lipinski definition) is 8. The van der Waals surface area contributed by atoms with E-state index in [2.05, 4.69) is 27.0 Å². The number of para-hydroxylation sites is 1. The number of nitrogens with zero attached hydrogens (tertiary/aromatic N) is 4. The second kappa shape index (κ2) is 9.82. The highest BCUT2D eigenvalue weighted by molar-refractivity contribution is 8.00. The molecule has 0 fully saturated rings. The lowest BCUT2D eigenvalue weighted by atomic mass is 10.2. The van der Waals surface area contributed by atoms with Crippen LogP contribution in [0.4, 0.5) is 9.52 Å². The Morgan fingerprint density at radius 3 is 2.70 bits per heavy atom. The van der Waals surface area contributed by atoms with Crippen LogP contribution in [0.2, 0.25) is 0 Å². The van der Waals surface area contributed by atoms with E-state index in [0.717, 1.165) is 22.4 Å². The maximum absolute atomic E-state index is 13.5. The number of aromatic nitrogens is 4. The predicted octanol–water partition coefficient (Wildman–Crippen LogP) is 5.38. The van der Waals surface area contributed by atoms with Gasteiger partial charge < -0.3 is 5.32 Å². The second-order valence-electron chi connectivity index (χ2n) is 7.08. The molecular formula is C23H18FN5OS3. The Labute approximate surface area is 201 Å². The van der Waals surface area contributed by atoms with Gasteiger partial charge in [-0.2, -0.15) is 0 Å². The van der Waals surface area contributed by atoms with Crippen molar-refractivity contribution in [3.8, 4) is 5.69 Å². The summed E-state index contributed by atoms with van der Waals surface area (Å²) >= 11 is 4.67. The number of nitrogens with one attached hydrogen (secondary N) is 1. The van der Waals surface area contributed by atoms with Crippen LogP contribution < -0.4 is 10.9 Å². The Morgan fingerprint density at radius 2 is 1.88 bits per heavy atom. The molecule has 33 heavy (non-hydrogen) atoms. The maximum atomic E-state index is 13.5. The lowest BCUT2D eigenvalue weighted by molar-refractivity contribution is 0.627. The van der Waals surface area contributed by atoms with Gasteiger partial charge in [-0.1, -0.05) is 41.3 Å². The van der Waals surface area contributed by atoms with Crippen LogP contribution in [0, 0.1) is 5.82 Å². The summed E-state index contributed by atoms with van der Waals surface area (Å²) in [6, 6.07) is 17.2. The molecule has 166 valence electrons. The molecule has 0 amide bonds. The van der Waals surface area contributed by atoms with Gasteiger partial charge in [0.2, 0.25) is 5.13 Å². The first kappa shape index (κ1) is 21.7. The highest BCUT2D eigenvalue weighted by atomic mass is 32.2. The van der Waals surface area contributed by atoms with Crippen LogP contribution >= 0.6 is 34.4 Å². The number of thioether (sulfide) groups is 1. The average molecular weight is 496 g/mol. The summed E-state index contributed by atoms with van der Waals surface area (Å²) in [5, 5.41) is 15.1. The van der Waals surface area contributed by atoms with Crippen LogP contribution in [0.3, 0.4) is 0 Å². The zero-order valence-electron chi connectivity index (χ0n) is 17.3. The van der Waals surface area contributed by atoms with Gasteiger partial charge in [0.05, 0.1) is 22.3 Å². The van der Waals surface area contributed by atoms with E-state index >= 15 is 0 Å². The fourth-order valence-corrected chi connectivity index (χ4v) is 5.75. The molecule has 0 saturated carbocycles. The smallest absolute Gasteiger partial charge is 0.265 e. The fraction of sp³-hybridized carbons (Fsp3) is 0.130. The first-order valence-corrected chi connectivity index (χ1v) is 12.8. The van der Waals surface area contributed by atoms with Gasteiger partial charge in [-0.3, -0.25) is 9.36 Å². The quantitative estimate of drug-likeness (QED) is 0.291. The second-order valence-corrected chi connectivity index (χ2v) is 10.3. The van der Waals surface area contributed by atoms with Crippen molar-refractivity contribution in [1.29, 1.82) is 0 Å². The van der Waals surface area contributed by atoms with Crippen molar-refractivity contribution in [3.05, 3.63) is 92.9 Å². The van der Waals surface area contributed by atoms with Crippen molar-refractivity contribution in [2.45, 2.75) is 16.5 Å². The molecule has 5 rings (SSSR count). The Morgan fingerprint density at radius 1 is 1.03 bits per heavy atom. The lowest BCUT2D eigenvalue weighted by Gasteiger charge is -2.13. The van der Waals surface area contributed by atoms with Crippen molar-refractivity contribution in [1.82, 2.24) is 19.7 Å². The molecule has 6 nitrogen and oxygen atoms in total. The number of rotatable bonds is 8. The van der Waals surface area contributed by atoms with Crippen LogP contribution in [0.15, 0.2) is 75.2 Å². The standard InChI is InChI=1S/C23H18FN5OS3/c24-15-7-9-16(10-8-15)29-20(26-19-6-2-1-5-18(19)21(29)30)14-32-23-28-27-22(33-23)25-12-11-17-4-3-13-31-17/h1-10,13H,11-12,14H2,(H,25,27). The minimum Gasteiger partial charge on any atom is -0.360 e. The topological polar surface area (TPSA) is 72.7 Å². The van der Waals surface area contributed by atoms with Gasteiger partial charge in [0, 0.05) is 11.4 Å². The number of hydrogen-bond donors (Lipinski definition) is 1. The Bertz CT molecular complexity index is 1430. The summed E-state index contributed by atoms with van der Waals surface area (Å²) in [4.78, 5) is 19.3. The first-order chi connectivity index (χ1) is 16.2. The van der Waals surface area contributed by atoms with Gasteiger partial charge in [0.25, 0.3) is 5.56 Å². The Balaban J connectivity index is 1.36. The van der Waals surface area contributed by atoms with Gasteiger partial charge in [-0.05, 0) is 54.3 Å². The molecule has 2 aromatic carbocycles. The van der Waals surface area contributed by atoms with Gasteiger partial charge >= 0.3 is 0 Å². The lowest BCUT2D eigenvalue weighted by Crippen LogP contribution is -2.23. The van der Waals surface area contributed by atoms with Gasteiger partial charge in [-0.25, -0.2) is 9.37 Å². The van der Waals surface area contributed by atoms with Crippen molar-refractivity contribution in [3.63, 3.8) is 0 Å². The number of anilines is 1. The van der Waals surface area contributed by atoms with E-state index in [4.69, 9.17) is 4.98 Å². The number of halogens is 1. The molecule has 5 aromatic rings. The van der Waals surface area contributed by atoms with E-state index in [1.807, 2.05) is 24.3 Å². The van der Waals surface area contributed by atoms with Gasteiger partial charge in [0.15, 0.2) is 4.34 Å². The first-order valence-electron chi connectivity index (χ1n) is 10.2. The normalized spacial score (nSPS) is 11.2. The van der Waals surface area contributed by atoms with Gasteiger partial charge in [-0.15, -0.1) is 21.5 Å². The monoisotopic (exact) mass is 495 g/mol. The molecule has 3 aromatic heterocycles. The van der Waals surface area contributed by atoms with Crippen LogP contribution in [0.25, 0.3) is 16.6 Å². The Hall–Kier alpha value is -3.08. The van der Waals surface area contributed by atoms with Crippen LogP contribution in [0.1, 0.15) is 10.7 Å². The van der Waals surface area contributed by atoms with Crippen LogP contribution in [-0.4, -0.2) is 26.3 Å². The third kappa shape index (κ3) is 4.97. The molecule has 0 unspecified atom stereocenters. The SMILES string of the molecule is O=c1c2ccccc2nc(CSc2nnc(NCCc3cccs3)s2)n1-c1ccc(F)cc1. The number of benzene rings is 2. The number of fused-ring (bicyclic) bond motifs is 1. The van der Waals surface area contributed by atoms with E-state index in [-0.39, 0.29) is 11.4 Å². The fourth-order valence-electron chi connectivity index (χ4n) is 3.35. The van der Waals surface area contributed by atoms with E-state index in [9.17, 15) is 9.18 Å². The molecule has 0 atom stereocenters. The minimum absolute atomic E-state index is 0.184. The average Bonchev–Trinajstić information content (AvgIpc) is 3.51. The largest absolute Gasteiger partial charge is 0.360 e. The van der Waals surface area contributed by atoms with Gasteiger partial charge in [0.1, 0.15) is 11.6 Å². The van der Waals surface area contributed by atoms with E-state index < -0.39 is 0 Å². The summed E-state index contributed by atoms with van der Waals surface area (Å²) in [6.45, 7) is 0.788. The van der Waals surface area contributed by atoms with Crippen LogP contribution in [-0.2, 0) is 12.2 Å². The third-order valence-corrected chi connectivity index (χ3v) is 7.84. The van der Waals surface area contributed by atoms with E-state index in [1.54, 1.807) is 29.5 Å². The number of thiophene rings is 1. The summed E-state index contributed by atoms with van der Waals surface area (Å²) < 4.78 is 15.8. The molecule has 0 spiro atoms. The highest BCUT2D eigenvalue weighted by Gasteiger charge is 2.14. The molecular weight excluding hydrogens is 477 g/mol. The minimum atomic E-state index is -0.357. The molecule has 1 N–H and O–H groups in total. The molecule has 0 aliphatic carbocycles. The molecule has 0 saturated heterocycles. The van der Waals surface area contributed by atoms with Crippen LogP contribution in [0.5, 0.6) is 0 Å². The Kier molecular flexibility index (Phi) is 6.47. The zero-order chi connectivity index (χ0) is 22.6. The van der Waals surface area contributed by atoms with Crippen molar-refractivity contribution in [2.75, 3.05) is 11.9 Å². The third-order valence-electron chi connectivity index (χ3n) is 4.89. The summed E-state index contributed by atoms with van der Waals surface area (Å²) in [7, 11) is 0. The maximum Gasteiger partial charge on any atom is 0.265 e. The molecule has 10 heteroatoms. The summed E-state index contributed by atoms with van der Waals surface area (Å²) in [5.41, 5.74) is 1.02.